The Kier molecular flexibility index (Phi) is 7.23. The van der Waals surface area contributed by atoms with Gasteiger partial charge in [0, 0.05) is 29.9 Å². The van der Waals surface area contributed by atoms with Crippen LogP contribution in [0.5, 0.6) is 5.75 Å². The van der Waals surface area contributed by atoms with Crippen LogP contribution in [-0.4, -0.2) is 34.9 Å². The quantitative estimate of drug-likeness (QED) is 0.339. The summed E-state index contributed by atoms with van der Waals surface area (Å²) in [5.41, 5.74) is 5.58. The summed E-state index contributed by atoms with van der Waals surface area (Å²) in [4.78, 5) is 29.6. The Balaban J connectivity index is 1.33. The lowest BCUT2D eigenvalue weighted by Gasteiger charge is -2.22. The summed E-state index contributed by atoms with van der Waals surface area (Å²) in [7, 11) is 0. The fraction of sp³-hybridized carbons (Fsp3) is 0.370. The second-order valence-electron chi connectivity index (χ2n) is 8.74. The van der Waals surface area contributed by atoms with E-state index in [0.29, 0.717) is 13.0 Å². The van der Waals surface area contributed by atoms with E-state index in [1.165, 1.54) is 36.7 Å². The molecule has 3 N–H and O–H groups in total. The van der Waals surface area contributed by atoms with Crippen LogP contribution < -0.4 is 10.6 Å². The first-order chi connectivity index (χ1) is 16.0. The maximum absolute atomic E-state index is 12.6. The molecule has 4 rings (SSSR count). The number of aryl methyl sites for hydroxylation is 1. The molecule has 1 amide bonds. The van der Waals surface area contributed by atoms with Crippen LogP contribution in [0.25, 0.3) is 10.9 Å². The maximum Gasteiger partial charge on any atom is 0.230 e. The number of amides is 1. The molecule has 172 valence electrons. The molecule has 0 spiro atoms. The van der Waals surface area contributed by atoms with Gasteiger partial charge in [-0.05, 0) is 74.8 Å². The highest BCUT2D eigenvalue weighted by Crippen LogP contribution is 2.33. The Labute approximate surface area is 194 Å². The number of hydrogen-bond acceptors (Lipinski definition) is 5. The number of aromatic hydroxyl groups is 1. The fourth-order valence-corrected chi connectivity index (χ4v) is 4.50. The van der Waals surface area contributed by atoms with Gasteiger partial charge in [0.2, 0.25) is 5.91 Å². The molecule has 1 aliphatic carbocycles. The fourth-order valence-electron chi connectivity index (χ4n) is 4.50. The standard InChI is InChI=1S/C27H31N3O3/c1-18(31)23(17-19-11-13-20(32)14-12-19)27(33)29-16-6-15-28-26-21-7-2-4-9-24(21)30-25-10-5-3-8-22(25)26/h2,4,7,9,11-14,23,32H,3,5-6,8,10,15-17H2,1H3,(H,28,30)(H,29,33). The lowest BCUT2D eigenvalue weighted by Crippen LogP contribution is -2.36. The molecule has 1 atom stereocenters. The van der Waals surface area contributed by atoms with Gasteiger partial charge in [0.25, 0.3) is 0 Å². The smallest absolute Gasteiger partial charge is 0.230 e. The van der Waals surface area contributed by atoms with E-state index in [9.17, 15) is 14.7 Å². The van der Waals surface area contributed by atoms with Crippen LogP contribution in [0.1, 0.15) is 43.0 Å². The molecule has 6 heteroatoms. The van der Waals surface area contributed by atoms with Crippen LogP contribution >= 0.6 is 0 Å². The molecule has 2 aromatic carbocycles. The Morgan fingerprint density at radius 2 is 1.79 bits per heavy atom. The van der Waals surface area contributed by atoms with Crippen molar-refractivity contribution >= 4 is 28.3 Å². The molecule has 1 aromatic heterocycles. The van der Waals surface area contributed by atoms with Crippen LogP contribution in [0.3, 0.4) is 0 Å². The van der Waals surface area contributed by atoms with Crippen molar-refractivity contribution in [2.75, 3.05) is 18.4 Å². The van der Waals surface area contributed by atoms with Crippen molar-refractivity contribution < 1.29 is 14.7 Å². The third-order valence-electron chi connectivity index (χ3n) is 6.31. The zero-order valence-corrected chi connectivity index (χ0v) is 19.1. The monoisotopic (exact) mass is 445 g/mol. The minimum atomic E-state index is -0.723. The summed E-state index contributed by atoms with van der Waals surface area (Å²) in [5.74, 6) is -0.965. The first-order valence-corrected chi connectivity index (χ1v) is 11.7. The van der Waals surface area contributed by atoms with Gasteiger partial charge in [-0.3, -0.25) is 14.6 Å². The highest BCUT2D eigenvalue weighted by Gasteiger charge is 2.23. The lowest BCUT2D eigenvalue weighted by atomic mass is 9.92. The van der Waals surface area contributed by atoms with Crippen LogP contribution in [0.15, 0.2) is 48.5 Å². The largest absolute Gasteiger partial charge is 0.508 e. The number of fused-ring (bicyclic) bond motifs is 2. The SMILES string of the molecule is CC(=O)C(Cc1ccc(O)cc1)C(=O)NCCCNc1c2c(nc3ccccc13)CCCC2. The second-order valence-corrected chi connectivity index (χ2v) is 8.74. The number of aromatic nitrogens is 1. The topological polar surface area (TPSA) is 91.3 Å². The molecule has 0 fully saturated rings. The van der Waals surface area contributed by atoms with Gasteiger partial charge >= 0.3 is 0 Å². The first kappa shape index (κ1) is 22.8. The number of phenols is 1. The third kappa shape index (κ3) is 5.51. The molecule has 0 radical (unpaired) electrons. The number of carbonyl (C=O) groups is 2. The van der Waals surface area contributed by atoms with Gasteiger partial charge < -0.3 is 15.7 Å². The van der Waals surface area contributed by atoms with Crippen molar-refractivity contribution in [3.05, 3.63) is 65.4 Å². The number of rotatable bonds is 9. The van der Waals surface area contributed by atoms with Crippen LogP contribution in [-0.2, 0) is 28.9 Å². The summed E-state index contributed by atoms with van der Waals surface area (Å²) < 4.78 is 0. The van der Waals surface area contributed by atoms with Crippen molar-refractivity contribution in [3.63, 3.8) is 0 Å². The van der Waals surface area contributed by atoms with Gasteiger partial charge in [0.1, 0.15) is 17.5 Å². The van der Waals surface area contributed by atoms with Crippen molar-refractivity contribution in [3.8, 4) is 5.75 Å². The normalized spacial score (nSPS) is 13.8. The number of phenolic OH excluding ortho intramolecular Hbond substituents is 1. The number of ketones is 1. The number of hydrogen-bond donors (Lipinski definition) is 3. The average molecular weight is 446 g/mol. The Morgan fingerprint density at radius 1 is 1.03 bits per heavy atom. The van der Waals surface area contributed by atoms with Crippen molar-refractivity contribution in [1.29, 1.82) is 0 Å². The third-order valence-corrected chi connectivity index (χ3v) is 6.31. The van der Waals surface area contributed by atoms with Gasteiger partial charge in [-0.15, -0.1) is 0 Å². The summed E-state index contributed by atoms with van der Waals surface area (Å²) in [6.07, 6.45) is 5.52. The van der Waals surface area contributed by atoms with E-state index in [1.54, 1.807) is 24.3 Å². The number of carbonyl (C=O) groups excluding carboxylic acids is 2. The number of nitrogens with one attached hydrogen (secondary N) is 2. The number of pyridine rings is 1. The molecule has 0 aliphatic heterocycles. The molecular weight excluding hydrogens is 414 g/mol. The molecular formula is C27H31N3O3. The van der Waals surface area contributed by atoms with Gasteiger partial charge in [-0.2, -0.15) is 0 Å². The zero-order valence-electron chi connectivity index (χ0n) is 19.1. The molecule has 1 heterocycles. The summed E-state index contributed by atoms with van der Waals surface area (Å²) in [6.45, 7) is 2.67. The molecule has 33 heavy (non-hydrogen) atoms. The number of para-hydroxylation sites is 1. The summed E-state index contributed by atoms with van der Waals surface area (Å²) >= 11 is 0. The molecule has 0 saturated heterocycles. The number of benzene rings is 2. The maximum atomic E-state index is 12.6. The van der Waals surface area contributed by atoms with E-state index in [-0.39, 0.29) is 17.4 Å². The zero-order chi connectivity index (χ0) is 23.2. The second kappa shape index (κ2) is 10.5. The van der Waals surface area contributed by atoms with E-state index in [1.807, 2.05) is 12.1 Å². The predicted octanol–water partition coefficient (Wildman–Crippen LogP) is 4.19. The molecule has 0 saturated carbocycles. The Hall–Kier alpha value is -3.41. The highest BCUT2D eigenvalue weighted by molar-refractivity contribution is 6.00. The van der Waals surface area contributed by atoms with Gasteiger partial charge in [-0.25, -0.2) is 0 Å². The first-order valence-electron chi connectivity index (χ1n) is 11.7. The number of anilines is 1. The summed E-state index contributed by atoms with van der Waals surface area (Å²) in [5, 5.41) is 17.1. The van der Waals surface area contributed by atoms with Crippen molar-refractivity contribution in [1.82, 2.24) is 10.3 Å². The van der Waals surface area contributed by atoms with Crippen molar-refractivity contribution in [2.24, 2.45) is 5.92 Å². The van der Waals surface area contributed by atoms with E-state index in [0.717, 1.165) is 42.3 Å². The van der Waals surface area contributed by atoms with E-state index in [2.05, 4.69) is 22.8 Å². The lowest BCUT2D eigenvalue weighted by molar-refractivity contribution is -0.132. The molecule has 1 unspecified atom stereocenters. The van der Waals surface area contributed by atoms with Crippen LogP contribution in [0, 0.1) is 5.92 Å². The Bertz CT molecular complexity index is 1140. The Morgan fingerprint density at radius 3 is 2.58 bits per heavy atom. The van der Waals surface area contributed by atoms with E-state index < -0.39 is 5.92 Å². The highest BCUT2D eigenvalue weighted by atomic mass is 16.3. The molecule has 6 nitrogen and oxygen atoms in total. The van der Waals surface area contributed by atoms with Crippen LogP contribution in [0.2, 0.25) is 0 Å². The number of nitrogens with zero attached hydrogens (tertiary/aromatic N) is 1. The van der Waals surface area contributed by atoms with Gasteiger partial charge in [-0.1, -0.05) is 30.3 Å². The molecule has 0 bridgehead atoms. The van der Waals surface area contributed by atoms with E-state index in [4.69, 9.17) is 4.98 Å². The summed E-state index contributed by atoms with van der Waals surface area (Å²) in [6, 6.07) is 14.8. The van der Waals surface area contributed by atoms with Crippen LogP contribution in [0.4, 0.5) is 5.69 Å². The minimum Gasteiger partial charge on any atom is -0.508 e. The minimum absolute atomic E-state index is 0.159. The van der Waals surface area contributed by atoms with E-state index >= 15 is 0 Å². The molecule has 1 aliphatic rings. The van der Waals surface area contributed by atoms with Crippen molar-refractivity contribution in [2.45, 2.75) is 45.4 Å². The predicted molar refractivity (Wildman–Crippen MR) is 130 cm³/mol. The van der Waals surface area contributed by atoms with Gasteiger partial charge in [0.15, 0.2) is 0 Å². The number of Topliss-reactive ketones (excluding diaryl/α,β-unsaturated/α-hetero) is 1. The molecule has 3 aromatic rings. The average Bonchev–Trinajstić information content (AvgIpc) is 2.82. The van der Waals surface area contributed by atoms with Gasteiger partial charge in [0.05, 0.1) is 5.52 Å².